The van der Waals surface area contributed by atoms with Crippen molar-refractivity contribution in [1.29, 1.82) is 0 Å². The van der Waals surface area contributed by atoms with Crippen molar-refractivity contribution in [3.63, 3.8) is 0 Å². The van der Waals surface area contributed by atoms with E-state index in [0.29, 0.717) is 6.54 Å². The summed E-state index contributed by atoms with van der Waals surface area (Å²) >= 11 is 0. The van der Waals surface area contributed by atoms with Gasteiger partial charge in [-0.05, 0) is 29.3 Å². The molecular weight excluding hydrogens is 190 g/mol. The number of nitrogens with zero attached hydrogens (tertiary/aromatic N) is 1. The van der Waals surface area contributed by atoms with Crippen molar-refractivity contribution in [2.24, 2.45) is 0 Å². The van der Waals surface area contributed by atoms with Crippen LogP contribution in [0.25, 0.3) is 0 Å². The van der Waals surface area contributed by atoms with E-state index in [1.165, 1.54) is 0 Å². The molecule has 2 N–H and O–H groups in total. The van der Waals surface area contributed by atoms with E-state index < -0.39 is 0 Å². The minimum absolute atomic E-state index is 0.0625. The van der Waals surface area contributed by atoms with Gasteiger partial charge in [0.2, 0.25) is 0 Å². The molecule has 78 valence electrons. The number of aliphatic hydroxyl groups excluding tert-OH is 1. The van der Waals surface area contributed by atoms with Crippen molar-refractivity contribution >= 4 is 0 Å². The minimum atomic E-state index is 0.0625. The Bertz CT molecular complexity index is 448. The maximum absolute atomic E-state index is 9.29. The predicted molar refractivity (Wildman–Crippen MR) is 57.6 cm³/mol. The molecule has 0 atom stereocenters. The Labute approximate surface area is 88.2 Å². The van der Waals surface area contributed by atoms with Gasteiger partial charge in [0, 0.05) is 18.9 Å². The van der Waals surface area contributed by atoms with Crippen LogP contribution in [0.2, 0.25) is 0 Å². The number of phenols is 1. The number of aliphatic hydroxyl groups is 1. The summed E-state index contributed by atoms with van der Waals surface area (Å²) in [5.74, 6) is 0.280. The summed E-state index contributed by atoms with van der Waals surface area (Å²) in [7, 11) is 0. The van der Waals surface area contributed by atoms with Crippen LogP contribution >= 0.6 is 0 Å². The van der Waals surface area contributed by atoms with E-state index in [2.05, 4.69) is 0 Å². The Balaban J connectivity index is 2.14. The van der Waals surface area contributed by atoms with Gasteiger partial charge in [-0.1, -0.05) is 12.1 Å². The third-order valence-electron chi connectivity index (χ3n) is 2.27. The molecule has 0 saturated heterocycles. The van der Waals surface area contributed by atoms with Gasteiger partial charge in [0.1, 0.15) is 5.75 Å². The van der Waals surface area contributed by atoms with Crippen LogP contribution in [0.4, 0.5) is 0 Å². The molecule has 0 aliphatic heterocycles. The lowest BCUT2D eigenvalue weighted by molar-refractivity contribution is 0.282. The molecule has 1 aromatic carbocycles. The number of rotatable bonds is 3. The average Bonchev–Trinajstić information content (AvgIpc) is 2.65. The van der Waals surface area contributed by atoms with E-state index in [0.717, 1.165) is 11.1 Å². The molecule has 15 heavy (non-hydrogen) atoms. The normalized spacial score (nSPS) is 10.5. The quantitative estimate of drug-likeness (QED) is 0.798. The van der Waals surface area contributed by atoms with E-state index in [1.54, 1.807) is 12.1 Å². The van der Waals surface area contributed by atoms with Crippen molar-refractivity contribution in [1.82, 2.24) is 4.57 Å². The lowest BCUT2D eigenvalue weighted by atomic mass is 10.2. The molecule has 0 unspecified atom stereocenters. The van der Waals surface area contributed by atoms with Gasteiger partial charge in [-0.3, -0.25) is 0 Å². The van der Waals surface area contributed by atoms with Crippen LogP contribution in [-0.2, 0) is 13.2 Å². The summed E-state index contributed by atoms with van der Waals surface area (Å²) in [5.41, 5.74) is 1.94. The fraction of sp³-hybridized carbons (Fsp3) is 0.167. The summed E-state index contributed by atoms with van der Waals surface area (Å²) in [5, 5.41) is 18.2. The Morgan fingerprint density at radius 3 is 2.67 bits per heavy atom. The Morgan fingerprint density at radius 2 is 2.00 bits per heavy atom. The van der Waals surface area contributed by atoms with Crippen molar-refractivity contribution in [2.45, 2.75) is 13.2 Å². The molecule has 3 heteroatoms. The first kappa shape index (κ1) is 9.80. The number of aromatic nitrogens is 1. The van der Waals surface area contributed by atoms with E-state index in [1.807, 2.05) is 35.2 Å². The zero-order valence-electron chi connectivity index (χ0n) is 8.30. The highest BCUT2D eigenvalue weighted by atomic mass is 16.3. The van der Waals surface area contributed by atoms with E-state index >= 15 is 0 Å². The zero-order chi connectivity index (χ0) is 10.7. The first-order valence-corrected chi connectivity index (χ1v) is 4.81. The van der Waals surface area contributed by atoms with Crippen LogP contribution < -0.4 is 0 Å². The third-order valence-corrected chi connectivity index (χ3v) is 2.27. The van der Waals surface area contributed by atoms with Gasteiger partial charge in [0.05, 0.1) is 6.61 Å². The lowest BCUT2D eigenvalue weighted by Gasteiger charge is -2.03. The number of aromatic hydroxyl groups is 1. The molecule has 2 aromatic rings. The standard InChI is InChI=1S/C12H13NO2/c14-9-11-4-5-13(8-11)7-10-2-1-3-12(15)6-10/h1-6,8,14-15H,7,9H2. The van der Waals surface area contributed by atoms with E-state index in [4.69, 9.17) is 5.11 Å². The summed E-state index contributed by atoms with van der Waals surface area (Å²) in [6.45, 7) is 0.765. The van der Waals surface area contributed by atoms with Gasteiger partial charge >= 0.3 is 0 Å². The molecule has 0 amide bonds. The summed E-state index contributed by atoms with van der Waals surface area (Å²) in [4.78, 5) is 0. The molecule has 0 spiro atoms. The van der Waals surface area contributed by atoms with E-state index in [9.17, 15) is 5.11 Å². The monoisotopic (exact) mass is 203 g/mol. The molecule has 0 saturated carbocycles. The van der Waals surface area contributed by atoms with Gasteiger partial charge in [-0.2, -0.15) is 0 Å². The minimum Gasteiger partial charge on any atom is -0.508 e. The average molecular weight is 203 g/mol. The second-order valence-electron chi connectivity index (χ2n) is 3.52. The SMILES string of the molecule is OCc1ccn(Cc2cccc(O)c2)c1. The molecule has 0 fully saturated rings. The van der Waals surface area contributed by atoms with Gasteiger partial charge < -0.3 is 14.8 Å². The molecule has 2 rings (SSSR count). The zero-order valence-corrected chi connectivity index (χ0v) is 8.30. The summed E-state index contributed by atoms with van der Waals surface area (Å²) in [6.07, 6.45) is 3.81. The summed E-state index contributed by atoms with van der Waals surface area (Å²) < 4.78 is 1.97. The first-order valence-electron chi connectivity index (χ1n) is 4.81. The van der Waals surface area contributed by atoms with Crippen LogP contribution in [0, 0.1) is 0 Å². The number of hydrogen-bond acceptors (Lipinski definition) is 2. The summed E-state index contributed by atoms with van der Waals surface area (Å²) in [6, 6.07) is 9.04. The number of benzene rings is 1. The Morgan fingerprint density at radius 1 is 1.13 bits per heavy atom. The van der Waals surface area contributed by atoms with Crippen LogP contribution in [0.5, 0.6) is 5.75 Å². The van der Waals surface area contributed by atoms with Gasteiger partial charge in [0.25, 0.3) is 0 Å². The van der Waals surface area contributed by atoms with Gasteiger partial charge in [-0.15, -0.1) is 0 Å². The largest absolute Gasteiger partial charge is 0.508 e. The van der Waals surface area contributed by atoms with E-state index in [-0.39, 0.29) is 12.4 Å². The highest BCUT2D eigenvalue weighted by Crippen LogP contribution is 2.12. The highest BCUT2D eigenvalue weighted by Gasteiger charge is 1.98. The molecule has 1 aromatic heterocycles. The molecule has 0 aliphatic carbocycles. The van der Waals surface area contributed by atoms with Crippen LogP contribution in [0.1, 0.15) is 11.1 Å². The second-order valence-corrected chi connectivity index (χ2v) is 3.52. The molecule has 1 heterocycles. The highest BCUT2D eigenvalue weighted by molar-refractivity contribution is 5.27. The fourth-order valence-corrected chi connectivity index (χ4v) is 1.55. The van der Waals surface area contributed by atoms with Gasteiger partial charge in [0.15, 0.2) is 0 Å². The molecular formula is C12H13NO2. The van der Waals surface area contributed by atoms with Gasteiger partial charge in [-0.25, -0.2) is 0 Å². The Hall–Kier alpha value is -1.74. The maximum atomic E-state index is 9.29. The van der Waals surface area contributed by atoms with Crippen LogP contribution in [0.3, 0.4) is 0 Å². The smallest absolute Gasteiger partial charge is 0.115 e. The fourth-order valence-electron chi connectivity index (χ4n) is 1.55. The maximum Gasteiger partial charge on any atom is 0.115 e. The molecule has 0 radical (unpaired) electrons. The van der Waals surface area contributed by atoms with Crippen molar-refractivity contribution in [3.8, 4) is 5.75 Å². The van der Waals surface area contributed by atoms with Crippen molar-refractivity contribution in [2.75, 3.05) is 0 Å². The third kappa shape index (κ3) is 2.39. The Kier molecular flexibility index (Phi) is 2.74. The number of hydrogen-bond donors (Lipinski definition) is 2. The molecule has 0 aliphatic rings. The number of phenolic OH excluding ortho intramolecular Hbond substituents is 1. The second kappa shape index (κ2) is 4.19. The lowest BCUT2D eigenvalue weighted by Crippen LogP contribution is -1.95. The molecule has 0 bridgehead atoms. The van der Waals surface area contributed by atoms with Crippen LogP contribution in [0.15, 0.2) is 42.7 Å². The topological polar surface area (TPSA) is 45.4 Å². The van der Waals surface area contributed by atoms with Crippen molar-refractivity contribution in [3.05, 3.63) is 53.9 Å². The molecule has 3 nitrogen and oxygen atoms in total. The van der Waals surface area contributed by atoms with Crippen LogP contribution in [-0.4, -0.2) is 14.8 Å². The predicted octanol–water partition coefficient (Wildman–Crippen LogP) is 1.73. The first-order chi connectivity index (χ1) is 7.28. The van der Waals surface area contributed by atoms with Crippen molar-refractivity contribution < 1.29 is 10.2 Å².